The van der Waals surface area contributed by atoms with Gasteiger partial charge in [-0.3, -0.25) is 4.90 Å². The Kier molecular flexibility index (Phi) is 5.96. The second-order valence-corrected chi connectivity index (χ2v) is 6.27. The van der Waals surface area contributed by atoms with Crippen molar-refractivity contribution in [1.29, 1.82) is 0 Å². The first-order valence-electron chi connectivity index (χ1n) is 7.15. The molecule has 112 valence electrons. The molecule has 0 amide bonds. The number of rotatable bonds is 6. The first kappa shape index (κ1) is 15.9. The molecule has 0 saturated carbocycles. The van der Waals surface area contributed by atoms with Crippen LogP contribution in [0, 0.1) is 5.82 Å². The Labute approximate surface area is 128 Å². The van der Waals surface area contributed by atoms with Crippen LogP contribution < -0.4 is 5.32 Å². The molecule has 20 heavy (non-hydrogen) atoms. The first-order chi connectivity index (χ1) is 9.61. The molecule has 1 fully saturated rings. The van der Waals surface area contributed by atoms with Crippen molar-refractivity contribution in [1.82, 2.24) is 10.2 Å². The van der Waals surface area contributed by atoms with E-state index in [0.717, 1.165) is 24.0 Å². The quantitative estimate of drug-likeness (QED) is 0.832. The van der Waals surface area contributed by atoms with Gasteiger partial charge in [-0.15, -0.1) is 0 Å². The predicted molar refractivity (Wildman–Crippen MR) is 82.2 cm³/mol. The number of nitrogens with zero attached hydrogens (tertiary/aromatic N) is 1. The van der Waals surface area contributed by atoms with Crippen LogP contribution in [-0.4, -0.2) is 42.3 Å². The van der Waals surface area contributed by atoms with Gasteiger partial charge in [0.25, 0.3) is 0 Å². The maximum atomic E-state index is 14.0. The molecule has 0 aromatic heterocycles. The van der Waals surface area contributed by atoms with Gasteiger partial charge in [-0.1, -0.05) is 15.9 Å². The second-order valence-electron chi connectivity index (χ2n) is 5.35. The fraction of sp³-hybridized carbons (Fsp3) is 0.600. The summed E-state index contributed by atoms with van der Waals surface area (Å²) in [7, 11) is 0. The van der Waals surface area contributed by atoms with Gasteiger partial charge in [0.05, 0.1) is 6.61 Å². The van der Waals surface area contributed by atoms with Gasteiger partial charge in [0, 0.05) is 35.2 Å². The Morgan fingerprint density at radius 3 is 3.00 bits per heavy atom. The number of hydrogen-bond acceptors (Lipinski definition) is 3. The highest BCUT2D eigenvalue weighted by molar-refractivity contribution is 9.10. The summed E-state index contributed by atoms with van der Waals surface area (Å²) in [5.74, 6) is -0.192. The Morgan fingerprint density at radius 1 is 1.55 bits per heavy atom. The van der Waals surface area contributed by atoms with E-state index in [1.54, 1.807) is 6.07 Å². The molecule has 2 N–H and O–H groups in total. The van der Waals surface area contributed by atoms with Crippen LogP contribution in [0.2, 0.25) is 0 Å². The van der Waals surface area contributed by atoms with Crippen LogP contribution in [0.5, 0.6) is 0 Å². The molecule has 1 heterocycles. The van der Waals surface area contributed by atoms with Crippen LogP contribution >= 0.6 is 15.9 Å². The topological polar surface area (TPSA) is 35.5 Å². The van der Waals surface area contributed by atoms with E-state index in [2.05, 4.69) is 26.1 Å². The number of hydrogen-bond donors (Lipinski definition) is 2. The molecule has 2 atom stereocenters. The van der Waals surface area contributed by atoms with E-state index >= 15 is 0 Å². The van der Waals surface area contributed by atoms with Crippen LogP contribution in [-0.2, 0) is 0 Å². The zero-order chi connectivity index (χ0) is 14.5. The van der Waals surface area contributed by atoms with Gasteiger partial charge in [-0.05, 0) is 44.5 Å². The number of benzene rings is 1. The molecule has 0 bridgehead atoms. The predicted octanol–water partition coefficient (Wildman–Crippen LogP) is 2.70. The smallest absolute Gasteiger partial charge is 0.128 e. The molecular weight excluding hydrogens is 323 g/mol. The normalized spacial score (nSPS) is 20.6. The molecule has 1 aliphatic heterocycles. The zero-order valence-corrected chi connectivity index (χ0v) is 13.4. The average Bonchev–Trinajstić information content (AvgIpc) is 2.93. The lowest BCUT2D eigenvalue weighted by Gasteiger charge is -2.31. The van der Waals surface area contributed by atoms with Crippen molar-refractivity contribution < 1.29 is 9.50 Å². The number of halogens is 2. The summed E-state index contributed by atoms with van der Waals surface area (Å²) in [6.07, 6.45) is 2.34. The molecule has 0 spiro atoms. The number of aliphatic hydroxyl groups is 1. The summed E-state index contributed by atoms with van der Waals surface area (Å²) in [6, 6.07) is 5.41. The zero-order valence-electron chi connectivity index (χ0n) is 11.8. The minimum Gasteiger partial charge on any atom is -0.395 e. The maximum Gasteiger partial charge on any atom is 0.128 e. The Bertz CT molecular complexity index is 438. The summed E-state index contributed by atoms with van der Waals surface area (Å²) in [5.41, 5.74) is 0.672. The van der Waals surface area contributed by atoms with Crippen LogP contribution in [0.25, 0.3) is 0 Å². The highest BCUT2D eigenvalue weighted by Crippen LogP contribution is 2.26. The van der Waals surface area contributed by atoms with Crippen molar-refractivity contribution in [2.24, 2.45) is 0 Å². The van der Waals surface area contributed by atoms with Crippen LogP contribution in [0.4, 0.5) is 4.39 Å². The van der Waals surface area contributed by atoms with E-state index in [1.807, 2.05) is 13.0 Å². The second kappa shape index (κ2) is 7.50. The van der Waals surface area contributed by atoms with Gasteiger partial charge in [0.15, 0.2) is 0 Å². The van der Waals surface area contributed by atoms with E-state index in [0.29, 0.717) is 18.2 Å². The fourth-order valence-electron chi connectivity index (χ4n) is 2.80. The van der Waals surface area contributed by atoms with Crippen LogP contribution in [0.1, 0.15) is 31.4 Å². The Balaban J connectivity index is 2.12. The average molecular weight is 345 g/mol. The molecule has 2 unspecified atom stereocenters. The molecule has 1 saturated heterocycles. The maximum absolute atomic E-state index is 14.0. The molecule has 1 aromatic rings. The lowest BCUT2D eigenvalue weighted by Crippen LogP contribution is -2.40. The van der Waals surface area contributed by atoms with Crippen molar-refractivity contribution in [3.8, 4) is 0 Å². The summed E-state index contributed by atoms with van der Waals surface area (Å²) >= 11 is 3.39. The number of aliphatic hydroxyl groups excluding tert-OH is 1. The third kappa shape index (κ3) is 4.01. The van der Waals surface area contributed by atoms with E-state index in [9.17, 15) is 9.50 Å². The Morgan fingerprint density at radius 2 is 2.35 bits per heavy atom. The lowest BCUT2D eigenvalue weighted by atomic mass is 10.0. The highest BCUT2D eigenvalue weighted by atomic mass is 79.9. The fourth-order valence-corrected chi connectivity index (χ4v) is 3.18. The van der Waals surface area contributed by atoms with Crippen molar-refractivity contribution in [3.05, 3.63) is 34.1 Å². The molecule has 0 aliphatic carbocycles. The molecule has 2 rings (SSSR count). The standard InChI is InChI=1S/C15H22BrFN2O/c1-11(14-9-12(16)4-5-15(14)17)19(7-8-20)10-13-3-2-6-18-13/h4-5,9,11,13,18,20H,2-3,6-8,10H2,1H3. The van der Waals surface area contributed by atoms with Crippen molar-refractivity contribution >= 4 is 15.9 Å². The van der Waals surface area contributed by atoms with E-state index in [4.69, 9.17) is 0 Å². The third-order valence-electron chi connectivity index (χ3n) is 3.96. The van der Waals surface area contributed by atoms with E-state index in [-0.39, 0.29) is 18.5 Å². The molecule has 5 heteroatoms. The van der Waals surface area contributed by atoms with Crippen LogP contribution in [0.3, 0.4) is 0 Å². The summed E-state index contributed by atoms with van der Waals surface area (Å²) in [6.45, 7) is 4.54. The van der Waals surface area contributed by atoms with Crippen molar-refractivity contribution in [2.75, 3.05) is 26.2 Å². The third-order valence-corrected chi connectivity index (χ3v) is 4.45. The van der Waals surface area contributed by atoms with E-state index < -0.39 is 0 Å². The first-order valence-corrected chi connectivity index (χ1v) is 7.94. The van der Waals surface area contributed by atoms with Crippen LogP contribution in [0.15, 0.2) is 22.7 Å². The lowest BCUT2D eigenvalue weighted by molar-refractivity contribution is 0.145. The molecule has 1 aliphatic rings. The number of nitrogens with one attached hydrogen (secondary N) is 1. The van der Waals surface area contributed by atoms with Gasteiger partial charge in [-0.25, -0.2) is 4.39 Å². The molecular formula is C15H22BrFN2O. The monoisotopic (exact) mass is 344 g/mol. The summed E-state index contributed by atoms with van der Waals surface area (Å²) < 4.78 is 14.9. The molecule has 0 radical (unpaired) electrons. The molecule has 3 nitrogen and oxygen atoms in total. The van der Waals surface area contributed by atoms with Gasteiger partial charge >= 0.3 is 0 Å². The largest absolute Gasteiger partial charge is 0.395 e. The van der Waals surface area contributed by atoms with Gasteiger partial charge in [0.2, 0.25) is 0 Å². The van der Waals surface area contributed by atoms with Crippen molar-refractivity contribution in [2.45, 2.75) is 31.8 Å². The molecule has 1 aromatic carbocycles. The van der Waals surface area contributed by atoms with Crippen molar-refractivity contribution in [3.63, 3.8) is 0 Å². The highest BCUT2D eigenvalue weighted by Gasteiger charge is 2.23. The Hall–Kier alpha value is -0.490. The summed E-state index contributed by atoms with van der Waals surface area (Å²) in [5, 5.41) is 12.7. The SMILES string of the molecule is CC(c1cc(Br)ccc1F)N(CCO)CC1CCCN1. The minimum absolute atomic E-state index is 0.0537. The van der Waals surface area contributed by atoms with Gasteiger partial charge in [0.1, 0.15) is 5.82 Å². The van der Waals surface area contributed by atoms with E-state index in [1.165, 1.54) is 12.5 Å². The summed E-state index contributed by atoms with van der Waals surface area (Å²) in [4.78, 5) is 2.15. The van der Waals surface area contributed by atoms with Gasteiger partial charge < -0.3 is 10.4 Å². The minimum atomic E-state index is -0.192. The van der Waals surface area contributed by atoms with Gasteiger partial charge in [-0.2, -0.15) is 0 Å².